The quantitative estimate of drug-likeness (QED) is 0.946. The third kappa shape index (κ3) is 2.72. The molecule has 22 heavy (non-hydrogen) atoms. The molecule has 0 aliphatic carbocycles. The number of amides is 1. The number of fused-ring (bicyclic) bond motifs is 1. The number of carbonyl (C=O) groups is 1. The molecule has 1 aliphatic rings. The molecule has 0 radical (unpaired) electrons. The van der Waals surface area contributed by atoms with Gasteiger partial charge in [0.05, 0.1) is 18.5 Å². The second-order valence-electron chi connectivity index (χ2n) is 5.03. The molecule has 1 aromatic heterocycles. The van der Waals surface area contributed by atoms with Crippen molar-refractivity contribution in [2.24, 2.45) is 0 Å². The van der Waals surface area contributed by atoms with E-state index >= 15 is 0 Å². The molecule has 0 fully saturated rings. The van der Waals surface area contributed by atoms with Crippen LogP contribution < -0.4 is 15.0 Å². The van der Waals surface area contributed by atoms with Crippen LogP contribution in [0.5, 0.6) is 5.88 Å². The van der Waals surface area contributed by atoms with Gasteiger partial charge in [-0.1, -0.05) is 12.1 Å². The predicted molar refractivity (Wildman–Crippen MR) is 81.5 cm³/mol. The summed E-state index contributed by atoms with van der Waals surface area (Å²) in [5.41, 5.74) is 2.10. The highest BCUT2D eigenvalue weighted by atomic mass is 19.1. The van der Waals surface area contributed by atoms with Gasteiger partial charge in [-0.2, -0.15) is 0 Å². The molecule has 0 bridgehead atoms. The summed E-state index contributed by atoms with van der Waals surface area (Å²) < 4.78 is 19.2. The van der Waals surface area contributed by atoms with Crippen LogP contribution in [0, 0.1) is 5.82 Å². The molecule has 0 saturated carbocycles. The molecule has 1 aromatic carbocycles. The van der Waals surface area contributed by atoms with Crippen molar-refractivity contribution in [1.82, 2.24) is 4.98 Å². The Kier molecular flexibility index (Phi) is 3.91. The van der Waals surface area contributed by atoms with Crippen LogP contribution in [0.15, 0.2) is 36.5 Å². The molecule has 1 aliphatic heterocycles. The summed E-state index contributed by atoms with van der Waals surface area (Å²) >= 11 is 0. The van der Waals surface area contributed by atoms with Gasteiger partial charge in [-0.3, -0.25) is 4.79 Å². The molecular weight excluding hydrogens is 285 g/mol. The van der Waals surface area contributed by atoms with Crippen LogP contribution >= 0.6 is 0 Å². The van der Waals surface area contributed by atoms with E-state index in [9.17, 15) is 9.18 Å². The Balaban J connectivity index is 1.94. The second kappa shape index (κ2) is 6.01. The van der Waals surface area contributed by atoms with Gasteiger partial charge in [0, 0.05) is 31.3 Å². The average Bonchev–Trinajstić information content (AvgIpc) is 2.68. The third-order valence-electron chi connectivity index (χ3n) is 3.62. The maximum Gasteiger partial charge on any atom is 0.250 e. The first kappa shape index (κ1) is 14.3. The smallest absolute Gasteiger partial charge is 0.250 e. The van der Waals surface area contributed by atoms with Crippen molar-refractivity contribution in [3.8, 4) is 5.88 Å². The number of benzene rings is 1. The Morgan fingerprint density at radius 2 is 2.18 bits per heavy atom. The fourth-order valence-corrected chi connectivity index (χ4v) is 2.52. The number of carbonyl (C=O) groups excluding carboxylic acids is 1. The maximum absolute atomic E-state index is 14.3. The highest BCUT2D eigenvalue weighted by Gasteiger charge is 2.20. The van der Waals surface area contributed by atoms with Gasteiger partial charge in [0.25, 0.3) is 0 Å². The average molecular weight is 301 g/mol. The van der Waals surface area contributed by atoms with Crippen LogP contribution in [-0.4, -0.2) is 24.5 Å². The van der Waals surface area contributed by atoms with Gasteiger partial charge in [0.2, 0.25) is 11.8 Å². The van der Waals surface area contributed by atoms with Crippen molar-refractivity contribution >= 4 is 17.3 Å². The number of methoxy groups -OCH3 is 1. The number of rotatable bonds is 3. The number of pyridine rings is 1. The molecule has 5 nitrogen and oxygen atoms in total. The summed E-state index contributed by atoms with van der Waals surface area (Å²) in [7, 11) is 1.39. The summed E-state index contributed by atoms with van der Waals surface area (Å²) in [4.78, 5) is 17.6. The van der Waals surface area contributed by atoms with Crippen molar-refractivity contribution in [3.63, 3.8) is 0 Å². The van der Waals surface area contributed by atoms with E-state index in [0.717, 1.165) is 11.4 Å². The zero-order chi connectivity index (χ0) is 15.5. The number of hydrogen-bond donors (Lipinski definition) is 1. The highest BCUT2D eigenvalue weighted by Crippen LogP contribution is 2.30. The Morgan fingerprint density at radius 3 is 3.00 bits per heavy atom. The van der Waals surface area contributed by atoms with E-state index in [0.29, 0.717) is 25.1 Å². The number of nitrogens with one attached hydrogen (secondary N) is 1. The lowest BCUT2D eigenvalue weighted by molar-refractivity contribution is -0.115. The SMILES string of the molecule is COc1nccc(CN2CCC(=O)Nc3ccccc32)c1F. The zero-order valence-corrected chi connectivity index (χ0v) is 12.2. The molecule has 1 amide bonds. The van der Waals surface area contributed by atoms with Gasteiger partial charge < -0.3 is 15.0 Å². The maximum atomic E-state index is 14.3. The molecular formula is C16H16FN3O2. The lowest BCUT2D eigenvalue weighted by Gasteiger charge is -2.24. The summed E-state index contributed by atoms with van der Waals surface area (Å²) in [6, 6.07) is 9.14. The Morgan fingerprint density at radius 1 is 1.36 bits per heavy atom. The number of ether oxygens (including phenoxy) is 1. The van der Waals surface area contributed by atoms with E-state index in [2.05, 4.69) is 10.3 Å². The normalized spacial score (nSPS) is 14.1. The molecule has 2 heterocycles. The number of para-hydroxylation sites is 2. The van der Waals surface area contributed by atoms with E-state index < -0.39 is 5.82 Å². The fourth-order valence-electron chi connectivity index (χ4n) is 2.52. The first-order valence-electron chi connectivity index (χ1n) is 7.00. The third-order valence-corrected chi connectivity index (χ3v) is 3.62. The largest absolute Gasteiger partial charge is 0.479 e. The molecule has 3 rings (SSSR count). The van der Waals surface area contributed by atoms with Crippen LogP contribution in [0.1, 0.15) is 12.0 Å². The van der Waals surface area contributed by atoms with Crippen LogP contribution in [-0.2, 0) is 11.3 Å². The lowest BCUT2D eigenvalue weighted by Crippen LogP contribution is -2.24. The van der Waals surface area contributed by atoms with Crippen molar-refractivity contribution in [2.45, 2.75) is 13.0 Å². The number of nitrogens with zero attached hydrogens (tertiary/aromatic N) is 2. The van der Waals surface area contributed by atoms with Gasteiger partial charge in [-0.05, 0) is 18.2 Å². The minimum absolute atomic E-state index is 0.0187. The van der Waals surface area contributed by atoms with Gasteiger partial charge in [0.15, 0.2) is 5.82 Å². The molecule has 0 atom stereocenters. The topological polar surface area (TPSA) is 54.5 Å². The van der Waals surface area contributed by atoms with E-state index in [-0.39, 0.29) is 11.8 Å². The Labute approximate surface area is 127 Å². The Bertz CT molecular complexity index is 706. The molecule has 0 saturated heterocycles. The summed E-state index contributed by atoms with van der Waals surface area (Å²) in [5.74, 6) is -0.524. The second-order valence-corrected chi connectivity index (χ2v) is 5.03. The minimum atomic E-state index is -0.467. The number of aromatic nitrogens is 1. The van der Waals surface area contributed by atoms with Crippen molar-refractivity contribution in [3.05, 3.63) is 47.9 Å². The predicted octanol–water partition coefficient (Wildman–Crippen LogP) is 2.58. The highest BCUT2D eigenvalue weighted by molar-refractivity contribution is 5.96. The van der Waals surface area contributed by atoms with Crippen LogP contribution in [0.4, 0.5) is 15.8 Å². The first-order valence-corrected chi connectivity index (χ1v) is 7.00. The van der Waals surface area contributed by atoms with E-state index in [1.165, 1.54) is 13.3 Å². The monoisotopic (exact) mass is 301 g/mol. The summed E-state index contributed by atoms with van der Waals surface area (Å²) in [5, 5.41) is 2.86. The van der Waals surface area contributed by atoms with Gasteiger partial charge in [-0.15, -0.1) is 0 Å². The van der Waals surface area contributed by atoms with Gasteiger partial charge in [-0.25, -0.2) is 9.37 Å². The Hall–Kier alpha value is -2.63. The van der Waals surface area contributed by atoms with Gasteiger partial charge in [0.1, 0.15) is 0 Å². The first-order chi connectivity index (χ1) is 10.7. The van der Waals surface area contributed by atoms with Crippen molar-refractivity contribution in [2.75, 3.05) is 23.9 Å². The summed E-state index contributed by atoms with van der Waals surface area (Å²) in [6.07, 6.45) is 1.88. The fraction of sp³-hybridized carbons (Fsp3) is 0.250. The molecule has 1 N–H and O–H groups in total. The number of anilines is 2. The molecule has 0 spiro atoms. The van der Waals surface area contributed by atoms with Crippen LogP contribution in [0.2, 0.25) is 0 Å². The molecule has 114 valence electrons. The molecule has 0 unspecified atom stereocenters. The van der Waals surface area contributed by atoms with Crippen molar-refractivity contribution in [1.29, 1.82) is 0 Å². The lowest BCUT2D eigenvalue weighted by atomic mass is 10.2. The minimum Gasteiger partial charge on any atom is -0.479 e. The van der Waals surface area contributed by atoms with Crippen LogP contribution in [0.3, 0.4) is 0 Å². The van der Waals surface area contributed by atoms with Gasteiger partial charge >= 0.3 is 0 Å². The van der Waals surface area contributed by atoms with E-state index in [1.54, 1.807) is 6.07 Å². The molecule has 6 heteroatoms. The van der Waals surface area contributed by atoms with E-state index in [4.69, 9.17) is 4.74 Å². The summed E-state index contributed by atoms with van der Waals surface area (Å²) in [6.45, 7) is 0.865. The molecule has 2 aromatic rings. The van der Waals surface area contributed by atoms with Crippen LogP contribution in [0.25, 0.3) is 0 Å². The van der Waals surface area contributed by atoms with Crippen molar-refractivity contribution < 1.29 is 13.9 Å². The zero-order valence-electron chi connectivity index (χ0n) is 12.2. The van der Waals surface area contributed by atoms with E-state index in [1.807, 2.05) is 29.2 Å². The standard InChI is InChI=1S/C16H16FN3O2/c1-22-16-15(17)11(6-8-18-16)10-20-9-7-14(21)19-12-4-2-3-5-13(12)20/h2-6,8H,7,9-10H2,1H3,(H,19,21). The number of hydrogen-bond acceptors (Lipinski definition) is 4. The number of halogens is 1.